The molecule has 0 spiro atoms. The standard InChI is InChI=1S/C26H20FNO4/c1-31-20-10-6-5-9-18(20)23-22-24(29)19-15-17(27)11-12-21(19)32-25(22)26(30)28(23)14-13-16-7-3-2-4-8-16/h2-12,15,23H,13-14H2,1H3. The molecule has 1 unspecified atom stereocenters. The molecular formula is C26H20FNO4. The Morgan fingerprint density at radius 1 is 1.00 bits per heavy atom. The van der Waals surface area contributed by atoms with E-state index < -0.39 is 17.3 Å². The summed E-state index contributed by atoms with van der Waals surface area (Å²) in [5, 5.41) is 0.112. The molecule has 1 aliphatic rings. The molecule has 0 bridgehead atoms. The lowest BCUT2D eigenvalue weighted by atomic mass is 9.97. The van der Waals surface area contributed by atoms with Gasteiger partial charge < -0.3 is 14.1 Å². The molecule has 4 aromatic rings. The van der Waals surface area contributed by atoms with E-state index in [0.717, 1.165) is 11.6 Å². The summed E-state index contributed by atoms with van der Waals surface area (Å²) >= 11 is 0. The van der Waals surface area contributed by atoms with Crippen LogP contribution in [-0.2, 0) is 6.42 Å². The predicted molar refractivity (Wildman–Crippen MR) is 118 cm³/mol. The predicted octanol–water partition coefficient (Wildman–Crippen LogP) is 4.73. The zero-order chi connectivity index (χ0) is 22.2. The number of hydrogen-bond acceptors (Lipinski definition) is 4. The van der Waals surface area contributed by atoms with Crippen molar-refractivity contribution in [1.29, 1.82) is 0 Å². The van der Waals surface area contributed by atoms with Crippen molar-refractivity contribution < 1.29 is 18.3 Å². The Hall–Kier alpha value is -3.93. The molecule has 0 radical (unpaired) electrons. The van der Waals surface area contributed by atoms with Crippen molar-refractivity contribution in [3.8, 4) is 5.75 Å². The van der Waals surface area contributed by atoms with Crippen LogP contribution in [0.15, 0.2) is 82.0 Å². The van der Waals surface area contributed by atoms with Crippen LogP contribution in [0, 0.1) is 5.82 Å². The Labute approximate surface area is 183 Å². The second-order valence-corrected chi connectivity index (χ2v) is 7.69. The van der Waals surface area contributed by atoms with Crippen LogP contribution >= 0.6 is 0 Å². The van der Waals surface area contributed by atoms with Crippen molar-refractivity contribution in [2.75, 3.05) is 13.7 Å². The van der Waals surface area contributed by atoms with E-state index in [0.29, 0.717) is 24.3 Å². The molecule has 0 aliphatic carbocycles. The van der Waals surface area contributed by atoms with Gasteiger partial charge in [-0.3, -0.25) is 9.59 Å². The fourth-order valence-corrected chi connectivity index (χ4v) is 4.33. The molecule has 0 saturated heterocycles. The summed E-state index contributed by atoms with van der Waals surface area (Å²) in [6, 6.07) is 20.1. The van der Waals surface area contributed by atoms with Gasteiger partial charge in [0.15, 0.2) is 5.43 Å². The topological polar surface area (TPSA) is 59.8 Å². The zero-order valence-corrected chi connectivity index (χ0v) is 17.4. The third kappa shape index (κ3) is 3.24. The second kappa shape index (κ2) is 7.96. The van der Waals surface area contributed by atoms with Crippen molar-refractivity contribution >= 4 is 16.9 Å². The summed E-state index contributed by atoms with van der Waals surface area (Å²) in [5.41, 5.74) is 1.74. The molecule has 1 amide bonds. The minimum Gasteiger partial charge on any atom is -0.496 e. The van der Waals surface area contributed by atoms with Crippen molar-refractivity contribution in [2.24, 2.45) is 0 Å². The van der Waals surface area contributed by atoms with E-state index in [4.69, 9.17) is 9.15 Å². The Balaban J connectivity index is 1.69. The van der Waals surface area contributed by atoms with Gasteiger partial charge in [-0.25, -0.2) is 4.39 Å². The van der Waals surface area contributed by atoms with E-state index in [9.17, 15) is 14.0 Å². The summed E-state index contributed by atoms with van der Waals surface area (Å²) in [6.45, 7) is 0.375. The van der Waals surface area contributed by atoms with Gasteiger partial charge in [-0.1, -0.05) is 48.5 Å². The maximum atomic E-state index is 13.9. The van der Waals surface area contributed by atoms with Gasteiger partial charge in [0, 0.05) is 12.1 Å². The zero-order valence-electron chi connectivity index (χ0n) is 17.4. The third-order valence-corrected chi connectivity index (χ3v) is 5.85. The van der Waals surface area contributed by atoms with E-state index in [1.807, 2.05) is 48.5 Å². The Morgan fingerprint density at radius 2 is 1.75 bits per heavy atom. The first-order chi connectivity index (χ1) is 15.6. The van der Waals surface area contributed by atoms with Gasteiger partial charge in [0.05, 0.1) is 24.1 Å². The van der Waals surface area contributed by atoms with Crippen LogP contribution in [0.1, 0.15) is 33.3 Å². The number of halogens is 1. The molecule has 32 heavy (non-hydrogen) atoms. The van der Waals surface area contributed by atoms with Crippen molar-refractivity contribution in [2.45, 2.75) is 12.5 Å². The highest BCUT2D eigenvalue weighted by Gasteiger charge is 2.43. The molecule has 0 fully saturated rings. The summed E-state index contributed by atoms with van der Waals surface area (Å²) in [6.07, 6.45) is 0.606. The number of rotatable bonds is 5. The fraction of sp³-hybridized carbons (Fsp3) is 0.154. The average molecular weight is 429 g/mol. The van der Waals surface area contributed by atoms with Crippen molar-refractivity contribution in [3.63, 3.8) is 0 Å². The fourth-order valence-electron chi connectivity index (χ4n) is 4.33. The highest BCUT2D eigenvalue weighted by Crippen LogP contribution is 2.41. The largest absolute Gasteiger partial charge is 0.496 e. The van der Waals surface area contributed by atoms with Crippen LogP contribution in [0.4, 0.5) is 4.39 Å². The van der Waals surface area contributed by atoms with Gasteiger partial charge >= 0.3 is 0 Å². The maximum absolute atomic E-state index is 13.9. The van der Waals surface area contributed by atoms with Gasteiger partial charge in [0.2, 0.25) is 5.76 Å². The van der Waals surface area contributed by atoms with Crippen LogP contribution in [0.25, 0.3) is 11.0 Å². The minimum absolute atomic E-state index is 0.00178. The van der Waals surface area contributed by atoms with Gasteiger partial charge in [-0.05, 0) is 36.2 Å². The number of amides is 1. The summed E-state index contributed by atoms with van der Waals surface area (Å²) in [4.78, 5) is 28.6. The Morgan fingerprint density at radius 3 is 2.53 bits per heavy atom. The monoisotopic (exact) mass is 429 g/mol. The average Bonchev–Trinajstić information content (AvgIpc) is 3.10. The number of carbonyl (C=O) groups is 1. The Bertz CT molecular complexity index is 1380. The quantitative estimate of drug-likeness (QED) is 0.460. The molecule has 0 N–H and O–H groups in total. The number of carbonyl (C=O) groups excluding carboxylic acids is 1. The first-order valence-electron chi connectivity index (χ1n) is 10.3. The first kappa shape index (κ1) is 20.0. The lowest BCUT2D eigenvalue weighted by Gasteiger charge is -2.26. The van der Waals surface area contributed by atoms with E-state index in [1.54, 1.807) is 18.1 Å². The molecule has 0 saturated carbocycles. The third-order valence-electron chi connectivity index (χ3n) is 5.85. The maximum Gasteiger partial charge on any atom is 0.290 e. The van der Waals surface area contributed by atoms with Crippen molar-refractivity contribution in [1.82, 2.24) is 4.90 Å². The molecule has 1 aliphatic heterocycles. The molecule has 160 valence electrons. The summed E-state index contributed by atoms with van der Waals surface area (Å²) in [5.74, 6) is -0.348. The smallest absolute Gasteiger partial charge is 0.290 e. The number of nitrogens with zero attached hydrogens (tertiary/aromatic N) is 1. The first-order valence-corrected chi connectivity index (χ1v) is 10.3. The van der Waals surface area contributed by atoms with E-state index in [-0.39, 0.29) is 28.2 Å². The van der Waals surface area contributed by atoms with Crippen LogP contribution in [0.2, 0.25) is 0 Å². The summed E-state index contributed by atoms with van der Waals surface area (Å²) in [7, 11) is 1.54. The molecule has 1 atom stereocenters. The van der Waals surface area contributed by atoms with Gasteiger partial charge in [-0.2, -0.15) is 0 Å². The lowest BCUT2D eigenvalue weighted by molar-refractivity contribution is 0.0729. The molecule has 1 aromatic heterocycles. The van der Waals surface area contributed by atoms with Gasteiger partial charge in [0.1, 0.15) is 17.1 Å². The summed E-state index contributed by atoms with van der Waals surface area (Å²) < 4.78 is 25.3. The van der Waals surface area contributed by atoms with Crippen LogP contribution in [0.5, 0.6) is 5.75 Å². The number of ether oxygens (including phenoxy) is 1. The number of hydrogen-bond donors (Lipinski definition) is 0. The van der Waals surface area contributed by atoms with Crippen LogP contribution < -0.4 is 10.2 Å². The number of benzene rings is 3. The number of fused-ring (bicyclic) bond motifs is 2. The normalized spacial score (nSPS) is 15.2. The lowest BCUT2D eigenvalue weighted by Crippen LogP contribution is -2.31. The minimum atomic E-state index is -0.693. The Kier molecular flexibility index (Phi) is 4.98. The van der Waals surface area contributed by atoms with E-state index >= 15 is 0 Å². The molecule has 6 heteroatoms. The van der Waals surface area contributed by atoms with Gasteiger partial charge in [-0.15, -0.1) is 0 Å². The second-order valence-electron chi connectivity index (χ2n) is 7.69. The molecule has 2 heterocycles. The molecule has 3 aromatic carbocycles. The van der Waals surface area contributed by atoms with Crippen LogP contribution in [0.3, 0.4) is 0 Å². The highest BCUT2D eigenvalue weighted by atomic mass is 19.1. The number of para-hydroxylation sites is 1. The highest BCUT2D eigenvalue weighted by molar-refractivity contribution is 5.99. The van der Waals surface area contributed by atoms with Gasteiger partial charge in [0.25, 0.3) is 5.91 Å². The molecule has 5 nitrogen and oxygen atoms in total. The van der Waals surface area contributed by atoms with E-state index in [1.165, 1.54) is 12.1 Å². The molecule has 5 rings (SSSR count). The molecular weight excluding hydrogens is 409 g/mol. The van der Waals surface area contributed by atoms with Crippen molar-refractivity contribution in [3.05, 3.63) is 111 Å². The SMILES string of the molecule is COc1ccccc1C1c2c(oc3ccc(F)cc3c2=O)C(=O)N1CCc1ccccc1. The number of methoxy groups -OCH3 is 1. The van der Waals surface area contributed by atoms with Crippen LogP contribution in [-0.4, -0.2) is 24.5 Å². The van der Waals surface area contributed by atoms with E-state index in [2.05, 4.69) is 0 Å².